The van der Waals surface area contributed by atoms with E-state index in [-0.39, 0.29) is 6.54 Å². The lowest BCUT2D eigenvalue weighted by molar-refractivity contribution is -0.650. The van der Waals surface area contributed by atoms with Crippen LogP contribution in [0.1, 0.15) is 48.5 Å². The minimum absolute atomic E-state index is 0.179. The third-order valence-corrected chi connectivity index (χ3v) is 5.02. The molecule has 0 aliphatic carbocycles. The molecule has 2 aliphatic rings. The monoisotopic (exact) mass is 413 g/mol. The predicted molar refractivity (Wildman–Crippen MR) is 115 cm³/mol. The topological polar surface area (TPSA) is 136 Å². The van der Waals surface area contributed by atoms with Gasteiger partial charge in [0.1, 0.15) is 11.9 Å². The Morgan fingerprint density at radius 1 is 0.900 bits per heavy atom. The molecule has 162 valence electrons. The first-order chi connectivity index (χ1) is 13.9. The molecule has 0 amide bonds. The van der Waals surface area contributed by atoms with E-state index in [1.54, 1.807) is 20.8 Å². The molecule has 0 fully saturated rings. The fourth-order valence-corrected chi connectivity index (χ4v) is 3.08. The Labute approximate surface area is 178 Å². The van der Waals surface area contributed by atoms with Crippen molar-refractivity contribution in [1.82, 2.24) is 10.6 Å². The molecule has 2 heterocycles. The van der Waals surface area contributed by atoms with E-state index in [4.69, 9.17) is 5.11 Å². The lowest BCUT2D eigenvalue weighted by atomic mass is 9.98. The van der Waals surface area contributed by atoms with Crippen LogP contribution in [0.15, 0.2) is 25.3 Å². The third kappa shape index (κ3) is 5.38. The maximum Gasteiger partial charge on any atom is 0.238 e. The molecule has 0 saturated carbocycles. The van der Waals surface area contributed by atoms with Crippen LogP contribution in [0.2, 0.25) is 0 Å². The molecular weight excluding hydrogens is 380 g/mol. The lowest BCUT2D eigenvalue weighted by Gasteiger charge is -2.27. The Morgan fingerprint density at radius 2 is 1.47 bits per heavy atom. The maximum atomic E-state index is 9.91. The summed E-state index contributed by atoms with van der Waals surface area (Å²) < 4.78 is 1.86. The van der Waals surface area contributed by atoms with Gasteiger partial charge in [-0.2, -0.15) is 20.8 Å². The molecule has 0 saturated heterocycles. The molecule has 1 atom stereocenters. The summed E-state index contributed by atoms with van der Waals surface area (Å²) in [6, 6.07) is 4.33. The van der Waals surface area contributed by atoms with Crippen LogP contribution in [0, 0.1) is 22.7 Å². The van der Waals surface area contributed by atoms with Crippen molar-refractivity contribution in [2.24, 2.45) is 25.3 Å². The average Bonchev–Trinajstić information content (AvgIpc) is 3.40. The van der Waals surface area contributed by atoms with Crippen LogP contribution in [0.25, 0.3) is 0 Å². The normalized spacial score (nSPS) is 20.0. The second kappa shape index (κ2) is 8.47. The molecule has 0 spiro atoms. The van der Waals surface area contributed by atoms with Gasteiger partial charge in [0.25, 0.3) is 0 Å². The number of amidine groups is 2. The van der Waals surface area contributed by atoms with E-state index < -0.39 is 22.2 Å². The molecule has 2 N–H and O–H groups in total. The fraction of sp³-hybridized carbons (Fsp3) is 0.800. The number of azo groups is 3. The van der Waals surface area contributed by atoms with Gasteiger partial charge in [0.15, 0.2) is 16.9 Å². The number of nitrogens with zero attached hydrogens (tertiary/aromatic N) is 8. The second-order valence-electron chi connectivity index (χ2n) is 9.35. The van der Waals surface area contributed by atoms with Crippen LogP contribution in [-0.2, 0) is 0 Å². The highest BCUT2D eigenvalue weighted by molar-refractivity contribution is 5.92. The molecule has 10 heteroatoms. The van der Waals surface area contributed by atoms with E-state index in [0.717, 1.165) is 31.3 Å². The summed E-state index contributed by atoms with van der Waals surface area (Å²) in [4.78, 5) is 9.12. The Balaban J connectivity index is 2.49. The van der Waals surface area contributed by atoms with Crippen molar-refractivity contribution in [2.75, 3.05) is 32.7 Å². The van der Waals surface area contributed by atoms with Crippen LogP contribution in [0.3, 0.4) is 0 Å². The van der Waals surface area contributed by atoms with Crippen molar-refractivity contribution in [3.05, 3.63) is 0 Å². The molecule has 2 rings (SSSR count). The van der Waals surface area contributed by atoms with Gasteiger partial charge in [-0.1, -0.05) is 0 Å². The van der Waals surface area contributed by atoms with Crippen molar-refractivity contribution in [3.8, 4) is 12.1 Å². The standard InChI is InChI=1S/C20H33N10/c1-17(2,12-21)27-28-20(7,13-22)14-30(19(5,6)16-25-10-11-26-16)29-18(3,4)15-23-8-9-24-15/h8-11,14H2,1-7H3,(H,23,24)(H,25,26)/q+1. The van der Waals surface area contributed by atoms with Gasteiger partial charge in [0, 0.05) is 26.9 Å². The van der Waals surface area contributed by atoms with Gasteiger partial charge >= 0.3 is 0 Å². The summed E-state index contributed by atoms with van der Waals surface area (Å²) in [5.74, 6) is 1.63. The Hall–Kier alpha value is -2.88. The van der Waals surface area contributed by atoms with Crippen molar-refractivity contribution < 1.29 is 4.70 Å². The molecular formula is C20H33N10+. The number of nitriles is 2. The first-order valence-electron chi connectivity index (χ1n) is 10.2. The van der Waals surface area contributed by atoms with Crippen molar-refractivity contribution in [2.45, 2.75) is 70.6 Å². The molecule has 0 aromatic carbocycles. The number of nitrogens with one attached hydrogen (secondary N) is 2. The van der Waals surface area contributed by atoms with E-state index in [9.17, 15) is 10.5 Å². The van der Waals surface area contributed by atoms with E-state index in [0.29, 0.717) is 6.54 Å². The van der Waals surface area contributed by atoms with Crippen molar-refractivity contribution in [3.63, 3.8) is 0 Å². The summed E-state index contributed by atoms with van der Waals surface area (Å²) in [5, 5.41) is 39.1. The lowest BCUT2D eigenvalue weighted by Crippen LogP contribution is -2.53. The molecule has 0 bridgehead atoms. The van der Waals surface area contributed by atoms with Crippen molar-refractivity contribution in [1.29, 1.82) is 10.5 Å². The minimum atomic E-state index is -1.20. The summed E-state index contributed by atoms with van der Waals surface area (Å²) in [6.45, 7) is 16.2. The molecule has 0 radical (unpaired) electrons. The van der Waals surface area contributed by atoms with Crippen LogP contribution in [0.5, 0.6) is 0 Å². The first kappa shape index (κ1) is 23.4. The van der Waals surface area contributed by atoms with Crippen LogP contribution in [0.4, 0.5) is 0 Å². The number of aliphatic imine (C=N–C) groups is 2. The molecule has 1 unspecified atom stereocenters. The predicted octanol–water partition coefficient (Wildman–Crippen LogP) is 2.05. The highest BCUT2D eigenvalue weighted by atomic mass is 15.4. The molecule has 30 heavy (non-hydrogen) atoms. The van der Waals surface area contributed by atoms with Crippen LogP contribution >= 0.6 is 0 Å². The van der Waals surface area contributed by atoms with E-state index in [1.807, 2.05) is 32.4 Å². The quantitative estimate of drug-likeness (QED) is 0.465. The second-order valence-corrected chi connectivity index (χ2v) is 9.35. The Morgan fingerprint density at radius 3 is 1.93 bits per heavy atom. The fourth-order valence-electron chi connectivity index (χ4n) is 3.08. The number of hydrogen-bond donors (Lipinski definition) is 2. The highest BCUT2D eigenvalue weighted by Crippen LogP contribution is 2.24. The van der Waals surface area contributed by atoms with Gasteiger partial charge in [-0.15, -0.1) is 4.70 Å². The average molecular weight is 414 g/mol. The molecule has 2 aliphatic heterocycles. The van der Waals surface area contributed by atoms with Crippen LogP contribution < -0.4 is 10.6 Å². The molecule has 10 nitrogen and oxygen atoms in total. The SMILES string of the molecule is CC(C)(C#N)N=NC(C)(C#N)C[N+](=NC(C)(C)C1=NCCN1)C(C)(C)C1=NCCN1. The van der Waals surface area contributed by atoms with Crippen LogP contribution in [-0.4, -0.2) is 71.2 Å². The first-order valence-corrected chi connectivity index (χ1v) is 10.2. The number of hydrogen-bond acceptors (Lipinski definition) is 9. The molecule has 0 aromatic heterocycles. The zero-order valence-electron chi connectivity index (χ0n) is 19.1. The minimum Gasteiger partial charge on any atom is -0.370 e. The zero-order valence-corrected chi connectivity index (χ0v) is 19.1. The Bertz CT molecular complexity index is 863. The largest absolute Gasteiger partial charge is 0.370 e. The maximum absolute atomic E-state index is 9.91. The molecule has 0 aromatic rings. The van der Waals surface area contributed by atoms with Gasteiger partial charge in [-0.3, -0.25) is 9.98 Å². The summed E-state index contributed by atoms with van der Waals surface area (Å²) in [5.41, 5.74) is -3.43. The van der Waals surface area contributed by atoms with E-state index in [2.05, 4.69) is 43.0 Å². The number of rotatable bonds is 8. The van der Waals surface area contributed by atoms with Gasteiger partial charge < -0.3 is 10.6 Å². The summed E-state index contributed by atoms with van der Waals surface area (Å²) in [7, 11) is 0. The summed E-state index contributed by atoms with van der Waals surface area (Å²) >= 11 is 0. The Kier molecular flexibility index (Phi) is 6.60. The smallest absolute Gasteiger partial charge is 0.238 e. The zero-order chi connectivity index (χ0) is 22.6. The van der Waals surface area contributed by atoms with Crippen molar-refractivity contribution >= 4 is 11.7 Å². The van der Waals surface area contributed by atoms with Gasteiger partial charge in [0.05, 0.1) is 19.2 Å². The summed E-state index contributed by atoms with van der Waals surface area (Å²) in [6.07, 6.45) is 0. The van der Waals surface area contributed by atoms with E-state index >= 15 is 0 Å². The van der Waals surface area contributed by atoms with Gasteiger partial charge in [-0.05, 0) is 39.7 Å². The van der Waals surface area contributed by atoms with E-state index in [1.165, 1.54) is 0 Å². The third-order valence-electron chi connectivity index (χ3n) is 5.02. The van der Waals surface area contributed by atoms with Gasteiger partial charge in [-0.25, -0.2) is 0 Å². The highest BCUT2D eigenvalue weighted by Gasteiger charge is 2.47. The van der Waals surface area contributed by atoms with Gasteiger partial charge in [0.2, 0.25) is 17.6 Å².